The third kappa shape index (κ3) is 2.90. The molecule has 6 nitrogen and oxygen atoms in total. The van der Waals surface area contributed by atoms with Gasteiger partial charge in [-0.1, -0.05) is 30.7 Å². The van der Waals surface area contributed by atoms with Gasteiger partial charge in [0.25, 0.3) is 11.3 Å². The lowest BCUT2D eigenvalue weighted by Gasteiger charge is -2.02. The number of aryl methyl sites for hydroxylation is 1. The first kappa shape index (κ1) is 13.6. The zero-order chi connectivity index (χ0) is 14.8. The van der Waals surface area contributed by atoms with Gasteiger partial charge >= 0.3 is 0 Å². The van der Waals surface area contributed by atoms with E-state index in [1.165, 1.54) is 10.6 Å². The third-order valence-corrected chi connectivity index (χ3v) is 3.33. The largest absolute Gasteiger partial charge is 0.351 e. The van der Waals surface area contributed by atoms with Gasteiger partial charge in [0.15, 0.2) is 0 Å². The molecule has 3 aromatic rings. The Labute approximate surface area is 125 Å². The van der Waals surface area contributed by atoms with E-state index in [0.717, 1.165) is 11.3 Å². The van der Waals surface area contributed by atoms with Gasteiger partial charge in [-0.15, -0.1) is 0 Å². The maximum atomic E-state index is 11.9. The number of anilines is 1. The molecule has 0 amide bonds. The van der Waals surface area contributed by atoms with E-state index in [0.29, 0.717) is 29.7 Å². The maximum Gasteiger partial charge on any atom is 0.274 e. The fourth-order valence-corrected chi connectivity index (χ4v) is 2.23. The lowest BCUT2D eigenvalue weighted by Crippen LogP contribution is -2.15. The molecule has 3 rings (SSSR count). The van der Waals surface area contributed by atoms with Gasteiger partial charge in [0.2, 0.25) is 5.95 Å². The summed E-state index contributed by atoms with van der Waals surface area (Å²) in [6, 6.07) is 9.05. The zero-order valence-electron chi connectivity index (χ0n) is 11.4. The Kier molecular flexibility index (Phi) is 3.62. The molecule has 2 heterocycles. The SMILES string of the molecule is CCc1cc(=O)n2[nH]c(NCc3cccc(Cl)c3)nc2n1. The highest BCUT2D eigenvalue weighted by molar-refractivity contribution is 6.30. The number of hydrogen-bond acceptors (Lipinski definition) is 4. The molecule has 0 atom stereocenters. The van der Waals surface area contributed by atoms with E-state index in [4.69, 9.17) is 11.6 Å². The van der Waals surface area contributed by atoms with Crippen LogP contribution in [-0.4, -0.2) is 19.6 Å². The van der Waals surface area contributed by atoms with E-state index < -0.39 is 0 Å². The van der Waals surface area contributed by atoms with E-state index in [2.05, 4.69) is 20.4 Å². The van der Waals surface area contributed by atoms with Gasteiger partial charge in [-0.3, -0.25) is 9.89 Å². The molecule has 2 N–H and O–H groups in total. The number of nitrogens with one attached hydrogen (secondary N) is 2. The topological polar surface area (TPSA) is 75.1 Å². The van der Waals surface area contributed by atoms with Crippen molar-refractivity contribution < 1.29 is 0 Å². The number of aromatic amines is 1. The lowest BCUT2D eigenvalue weighted by atomic mass is 10.2. The minimum Gasteiger partial charge on any atom is -0.351 e. The van der Waals surface area contributed by atoms with Crippen LogP contribution in [-0.2, 0) is 13.0 Å². The van der Waals surface area contributed by atoms with E-state index >= 15 is 0 Å². The smallest absolute Gasteiger partial charge is 0.274 e. The molecule has 2 aromatic heterocycles. The quantitative estimate of drug-likeness (QED) is 0.775. The number of hydrogen-bond donors (Lipinski definition) is 2. The van der Waals surface area contributed by atoms with Crippen LogP contribution in [0.4, 0.5) is 5.95 Å². The monoisotopic (exact) mass is 303 g/mol. The molecule has 7 heteroatoms. The Morgan fingerprint density at radius 1 is 1.33 bits per heavy atom. The molecule has 21 heavy (non-hydrogen) atoms. The highest BCUT2D eigenvalue weighted by Crippen LogP contribution is 2.12. The first-order valence-electron chi connectivity index (χ1n) is 6.62. The molecule has 108 valence electrons. The van der Waals surface area contributed by atoms with Gasteiger partial charge in [0, 0.05) is 23.3 Å². The average molecular weight is 304 g/mol. The molecule has 0 saturated heterocycles. The second kappa shape index (κ2) is 5.57. The predicted octanol–water partition coefficient (Wildman–Crippen LogP) is 2.25. The molecule has 0 fully saturated rings. The third-order valence-electron chi connectivity index (χ3n) is 3.09. The summed E-state index contributed by atoms with van der Waals surface area (Å²) >= 11 is 5.94. The molecular formula is C14H14ClN5O. The van der Waals surface area contributed by atoms with Gasteiger partial charge in [-0.25, -0.2) is 4.98 Å². The Morgan fingerprint density at radius 3 is 2.95 bits per heavy atom. The molecular weight excluding hydrogens is 290 g/mol. The Bertz CT molecular complexity index is 839. The molecule has 0 aliphatic rings. The summed E-state index contributed by atoms with van der Waals surface area (Å²) in [7, 11) is 0. The predicted molar refractivity (Wildman–Crippen MR) is 81.8 cm³/mol. The average Bonchev–Trinajstić information content (AvgIpc) is 2.89. The Balaban J connectivity index is 1.85. The number of halogens is 1. The van der Waals surface area contributed by atoms with Crippen LogP contribution in [0.2, 0.25) is 5.02 Å². The molecule has 0 aliphatic heterocycles. The fourth-order valence-electron chi connectivity index (χ4n) is 2.02. The number of rotatable bonds is 4. The van der Waals surface area contributed by atoms with Crippen LogP contribution in [0.25, 0.3) is 5.78 Å². The normalized spacial score (nSPS) is 11.0. The van der Waals surface area contributed by atoms with E-state index in [1.807, 2.05) is 31.2 Å². The molecule has 0 aliphatic carbocycles. The van der Waals surface area contributed by atoms with Crippen molar-refractivity contribution in [1.82, 2.24) is 19.6 Å². The number of fused-ring (bicyclic) bond motifs is 1. The molecule has 0 spiro atoms. The van der Waals surface area contributed by atoms with Crippen molar-refractivity contribution in [2.45, 2.75) is 19.9 Å². The minimum atomic E-state index is -0.167. The molecule has 0 radical (unpaired) electrons. The molecule has 1 aromatic carbocycles. The number of H-pyrrole nitrogens is 1. The maximum absolute atomic E-state index is 11.9. The van der Waals surface area contributed by atoms with Crippen LogP contribution in [0.15, 0.2) is 35.1 Å². The van der Waals surface area contributed by atoms with Crippen molar-refractivity contribution in [3.63, 3.8) is 0 Å². The van der Waals surface area contributed by atoms with Crippen molar-refractivity contribution in [3.05, 3.63) is 57.0 Å². The molecule has 0 unspecified atom stereocenters. The minimum absolute atomic E-state index is 0.167. The van der Waals surface area contributed by atoms with E-state index in [9.17, 15) is 4.79 Å². The van der Waals surface area contributed by atoms with Crippen molar-refractivity contribution in [2.24, 2.45) is 0 Å². The lowest BCUT2D eigenvalue weighted by molar-refractivity contribution is 0.873. The van der Waals surface area contributed by atoms with Crippen LogP contribution in [0.1, 0.15) is 18.2 Å². The van der Waals surface area contributed by atoms with Crippen LogP contribution in [0.3, 0.4) is 0 Å². The second-order valence-electron chi connectivity index (χ2n) is 4.63. The van der Waals surface area contributed by atoms with Gasteiger partial charge in [0.1, 0.15) is 0 Å². The number of aromatic nitrogens is 4. The highest BCUT2D eigenvalue weighted by atomic mass is 35.5. The summed E-state index contributed by atoms with van der Waals surface area (Å²) in [6.45, 7) is 2.50. The van der Waals surface area contributed by atoms with Gasteiger partial charge in [-0.2, -0.15) is 9.50 Å². The first-order chi connectivity index (χ1) is 10.2. The van der Waals surface area contributed by atoms with Crippen LogP contribution in [0, 0.1) is 0 Å². The van der Waals surface area contributed by atoms with Gasteiger partial charge in [-0.05, 0) is 24.1 Å². The van der Waals surface area contributed by atoms with Crippen LogP contribution in [0.5, 0.6) is 0 Å². The standard InChI is InChI=1S/C14H14ClN5O/c1-2-11-7-12(21)20-14(17-11)18-13(19-20)16-8-9-4-3-5-10(15)6-9/h3-7H,2,8H2,1H3,(H2,16,17,18,19). The summed E-state index contributed by atoms with van der Waals surface area (Å²) in [5.74, 6) is 0.862. The van der Waals surface area contributed by atoms with Crippen LogP contribution < -0.4 is 10.9 Å². The van der Waals surface area contributed by atoms with E-state index in [1.54, 1.807) is 0 Å². The first-order valence-corrected chi connectivity index (χ1v) is 7.00. The summed E-state index contributed by atoms with van der Waals surface area (Å²) < 4.78 is 1.32. The Morgan fingerprint density at radius 2 is 2.19 bits per heavy atom. The van der Waals surface area contributed by atoms with Crippen molar-refractivity contribution in [3.8, 4) is 0 Å². The van der Waals surface area contributed by atoms with Crippen molar-refractivity contribution in [2.75, 3.05) is 5.32 Å². The zero-order valence-corrected chi connectivity index (χ0v) is 12.2. The van der Waals surface area contributed by atoms with Crippen molar-refractivity contribution >= 4 is 23.3 Å². The second-order valence-corrected chi connectivity index (χ2v) is 5.07. The Hall–Kier alpha value is -2.34. The summed E-state index contributed by atoms with van der Waals surface area (Å²) in [6.07, 6.45) is 0.698. The molecule has 0 saturated carbocycles. The highest BCUT2D eigenvalue weighted by Gasteiger charge is 2.07. The number of benzene rings is 1. The summed E-state index contributed by atoms with van der Waals surface area (Å²) in [4.78, 5) is 20.5. The van der Waals surface area contributed by atoms with Gasteiger partial charge < -0.3 is 5.32 Å². The molecule has 0 bridgehead atoms. The van der Waals surface area contributed by atoms with E-state index in [-0.39, 0.29) is 5.56 Å². The fraction of sp³-hybridized carbons (Fsp3) is 0.214. The van der Waals surface area contributed by atoms with Crippen LogP contribution >= 0.6 is 11.6 Å². The summed E-state index contributed by atoms with van der Waals surface area (Å²) in [5.41, 5.74) is 1.59. The van der Waals surface area contributed by atoms with Crippen molar-refractivity contribution in [1.29, 1.82) is 0 Å². The number of nitrogens with zero attached hydrogens (tertiary/aromatic N) is 3. The summed E-state index contributed by atoms with van der Waals surface area (Å²) in [5, 5.41) is 6.69. The van der Waals surface area contributed by atoms with Gasteiger partial charge in [0.05, 0.1) is 0 Å².